The molecule has 0 aliphatic carbocycles. The highest BCUT2D eigenvalue weighted by Gasteiger charge is 2.23. The summed E-state index contributed by atoms with van der Waals surface area (Å²) >= 11 is 0. The van der Waals surface area contributed by atoms with Gasteiger partial charge in [0.1, 0.15) is 5.82 Å². The highest BCUT2D eigenvalue weighted by atomic mass is 32.2. The number of sulfone groups is 1. The van der Waals surface area contributed by atoms with Crippen LogP contribution in [0.1, 0.15) is 10.4 Å². The summed E-state index contributed by atoms with van der Waals surface area (Å²) in [4.78, 5) is 11.7. The van der Waals surface area contributed by atoms with Crippen LogP contribution in [-0.4, -0.2) is 26.1 Å². The SMILES string of the molecule is O=C(N[C@@H]1C=CS(=O)(=O)C1)c1cccc(F)c1. The molecule has 0 saturated heterocycles. The van der Waals surface area contributed by atoms with Gasteiger partial charge in [-0.2, -0.15) is 0 Å². The lowest BCUT2D eigenvalue weighted by atomic mass is 10.2. The average Bonchev–Trinajstić information content (AvgIpc) is 2.58. The molecule has 0 aromatic heterocycles. The van der Waals surface area contributed by atoms with Gasteiger partial charge >= 0.3 is 0 Å². The van der Waals surface area contributed by atoms with Crippen molar-refractivity contribution in [3.63, 3.8) is 0 Å². The summed E-state index contributed by atoms with van der Waals surface area (Å²) in [5.41, 5.74) is 0.169. The standard InChI is InChI=1S/C11H10FNO3S/c12-9-3-1-2-8(6-9)11(14)13-10-4-5-17(15,16)7-10/h1-6,10H,7H2,(H,13,14)/t10-/m1/s1. The third kappa shape index (κ3) is 2.91. The van der Waals surface area contributed by atoms with Crippen LogP contribution in [0.25, 0.3) is 0 Å². The highest BCUT2D eigenvalue weighted by Crippen LogP contribution is 2.09. The fraction of sp³-hybridized carbons (Fsp3) is 0.182. The number of hydrogen-bond acceptors (Lipinski definition) is 3. The van der Waals surface area contributed by atoms with Gasteiger partial charge in [-0.05, 0) is 24.3 Å². The summed E-state index contributed by atoms with van der Waals surface area (Å²) in [7, 11) is -3.20. The van der Waals surface area contributed by atoms with Crippen LogP contribution in [0, 0.1) is 5.82 Å². The quantitative estimate of drug-likeness (QED) is 0.852. The van der Waals surface area contributed by atoms with E-state index in [0.29, 0.717) is 0 Å². The van der Waals surface area contributed by atoms with Gasteiger partial charge in [0.25, 0.3) is 5.91 Å². The lowest BCUT2D eigenvalue weighted by Crippen LogP contribution is -2.35. The van der Waals surface area contributed by atoms with Crippen LogP contribution in [0.4, 0.5) is 4.39 Å². The van der Waals surface area contributed by atoms with E-state index in [9.17, 15) is 17.6 Å². The Morgan fingerprint density at radius 3 is 2.76 bits per heavy atom. The van der Waals surface area contributed by atoms with Crippen molar-refractivity contribution in [3.8, 4) is 0 Å². The topological polar surface area (TPSA) is 63.2 Å². The van der Waals surface area contributed by atoms with E-state index in [1.165, 1.54) is 24.3 Å². The second-order valence-electron chi connectivity index (χ2n) is 3.75. The van der Waals surface area contributed by atoms with E-state index in [-0.39, 0.29) is 11.3 Å². The zero-order valence-electron chi connectivity index (χ0n) is 8.76. The van der Waals surface area contributed by atoms with Gasteiger partial charge in [-0.25, -0.2) is 12.8 Å². The van der Waals surface area contributed by atoms with Gasteiger partial charge in [0, 0.05) is 11.0 Å². The van der Waals surface area contributed by atoms with Gasteiger partial charge in [0.05, 0.1) is 11.8 Å². The van der Waals surface area contributed by atoms with Crippen LogP contribution >= 0.6 is 0 Å². The van der Waals surface area contributed by atoms with Gasteiger partial charge in [-0.1, -0.05) is 6.07 Å². The minimum Gasteiger partial charge on any atom is -0.345 e. The Labute approximate surface area is 98.1 Å². The molecule has 17 heavy (non-hydrogen) atoms. The number of carbonyl (C=O) groups excluding carboxylic acids is 1. The van der Waals surface area contributed by atoms with E-state index < -0.39 is 27.6 Å². The van der Waals surface area contributed by atoms with Gasteiger partial charge in [0.15, 0.2) is 9.84 Å². The zero-order valence-corrected chi connectivity index (χ0v) is 9.58. The number of benzene rings is 1. The Hall–Kier alpha value is -1.69. The molecule has 1 atom stereocenters. The molecule has 0 bridgehead atoms. The number of hydrogen-bond donors (Lipinski definition) is 1. The third-order valence-electron chi connectivity index (χ3n) is 2.33. The summed E-state index contributed by atoms with van der Waals surface area (Å²) in [6.07, 6.45) is 1.41. The molecular formula is C11H10FNO3S. The Morgan fingerprint density at radius 2 is 2.18 bits per heavy atom. The Kier molecular flexibility index (Phi) is 2.97. The molecule has 1 heterocycles. The van der Waals surface area contributed by atoms with Crippen molar-refractivity contribution in [2.75, 3.05) is 5.75 Å². The van der Waals surface area contributed by atoms with Crippen molar-refractivity contribution >= 4 is 15.7 Å². The summed E-state index contributed by atoms with van der Waals surface area (Å²) in [5.74, 6) is -1.14. The smallest absolute Gasteiger partial charge is 0.251 e. The minimum atomic E-state index is -3.20. The van der Waals surface area contributed by atoms with Crippen LogP contribution < -0.4 is 5.32 Å². The van der Waals surface area contributed by atoms with Gasteiger partial charge in [-0.15, -0.1) is 0 Å². The van der Waals surface area contributed by atoms with Crippen LogP contribution in [0.2, 0.25) is 0 Å². The van der Waals surface area contributed by atoms with E-state index in [1.54, 1.807) is 0 Å². The maximum atomic E-state index is 12.9. The summed E-state index contributed by atoms with van der Waals surface area (Å²) < 4.78 is 35.1. The third-order valence-corrected chi connectivity index (χ3v) is 3.73. The molecule has 0 radical (unpaired) electrons. The molecule has 0 fully saturated rings. The summed E-state index contributed by atoms with van der Waals surface area (Å²) in [6.45, 7) is 0. The summed E-state index contributed by atoms with van der Waals surface area (Å²) in [5, 5.41) is 3.58. The second kappa shape index (κ2) is 4.29. The Morgan fingerprint density at radius 1 is 1.41 bits per heavy atom. The van der Waals surface area contributed by atoms with Crippen LogP contribution in [0.3, 0.4) is 0 Å². The van der Waals surface area contributed by atoms with Crippen LogP contribution in [-0.2, 0) is 9.84 Å². The second-order valence-corrected chi connectivity index (χ2v) is 5.68. The Bertz CT molecular complexity index is 580. The maximum absolute atomic E-state index is 12.9. The zero-order chi connectivity index (χ0) is 12.5. The van der Waals surface area contributed by atoms with Crippen molar-refractivity contribution in [1.29, 1.82) is 0 Å². The number of carbonyl (C=O) groups is 1. The molecule has 4 nitrogen and oxygen atoms in total. The normalized spacial score (nSPS) is 21.4. The molecule has 1 aliphatic rings. The van der Waals surface area contributed by atoms with Crippen LogP contribution in [0.5, 0.6) is 0 Å². The molecule has 0 spiro atoms. The van der Waals surface area contributed by atoms with E-state index in [0.717, 1.165) is 11.5 Å². The fourth-order valence-corrected chi connectivity index (χ4v) is 2.78. The summed E-state index contributed by atoms with van der Waals surface area (Å²) in [6, 6.07) is 4.67. The first-order valence-electron chi connectivity index (χ1n) is 4.94. The van der Waals surface area contributed by atoms with Crippen molar-refractivity contribution in [2.45, 2.75) is 6.04 Å². The molecule has 1 aromatic rings. The van der Waals surface area contributed by atoms with E-state index in [4.69, 9.17) is 0 Å². The van der Waals surface area contributed by atoms with Crippen molar-refractivity contribution in [3.05, 3.63) is 47.1 Å². The van der Waals surface area contributed by atoms with E-state index in [2.05, 4.69) is 5.32 Å². The molecule has 1 amide bonds. The van der Waals surface area contributed by atoms with Gasteiger partial charge in [-0.3, -0.25) is 4.79 Å². The molecule has 1 aliphatic heterocycles. The first-order chi connectivity index (χ1) is 7.96. The molecular weight excluding hydrogens is 245 g/mol. The number of halogens is 1. The predicted octanol–water partition coefficient (Wildman–Crippen LogP) is 0.866. The van der Waals surface area contributed by atoms with Crippen molar-refractivity contribution in [2.24, 2.45) is 0 Å². The van der Waals surface area contributed by atoms with Gasteiger partial charge < -0.3 is 5.32 Å². The lowest BCUT2D eigenvalue weighted by molar-refractivity contribution is 0.0947. The van der Waals surface area contributed by atoms with E-state index in [1.807, 2.05) is 0 Å². The lowest BCUT2D eigenvalue weighted by Gasteiger charge is -2.09. The first kappa shape index (κ1) is 11.8. The van der Waals surface area contributed by atoms with E-state index >= 15 is 0 Å². The predicted molar refractivity (Wildman–Crippen MR) is 60.6 cm³/mol. The minimum absolute atomic E-state index is 0.145. The average molecular weight is 255 g/mol. The first-order valence-corrected chi connectivity index (χ1v) is 6.65. The number of nitrogens with one attached hydrogen (secondary N) is 1. The Balaban J connectivity index is 2.06. The largest absolute Gasteiger partial charge is 0.345 e. The fourth-order valence-electron chi connectivity index (χ4n) is 1.55. The highest BCUT2D eigenvalue weighted by molar-refractivity contribution is 7.94. The number of amides is 1. The molecule has 6 heteroatoms. The number of rotatable bonds is 2. The molecule has 1 aromatic carbocycles. The molecule has 2 rings (SSSR count). The van der Waals surface area contributed by atoms with Crippen molar-refractivity contribution in [1.82, 2.24) is 5.32 Å². The monoisotopic (exact) mass is 255 g/mol. The maximum Gasteiger partial charge on any atom is 0.251 e. The molecule has 0 saturated carbocycles. The van der Waals surface area contributed by atoms with Gasteiger partial charge in [0.2, 0.25) is 0 Å². The molecule has 1 N–H and O–H groups in total. The molecule has 0 unspecified atom stereocenters. The molecule has 90 valence electrons. The van der Waals surface area contributed by atoms with Crippen LogP contribution in [0.15, 0.2) is 35.7 Å². The van der Waals surface area contributed by atoms with Crippen molar-refractivity contribution < 1.29 is 17.6 Å².